The van der Waals surface area contributed by atoms with Crippen molar-refractivity contribution in [3.8, 4) is 0 Å². The molecular formula is C16H18N3O5-. The van der Waals surface area contributed by atoms with Crippen LogP contribution in [-0.4, -0.2) is 34.9 Å². The van der Waals surface area contributed by atoms with Crippen molar-refractivity contribution in [2.45, 2.75) is 31.3 Å². The van der Waals surface area contributed by atoms with Gasteiger partial charge >= 0.3 is 0 Å². The molecule has 0 unspecified atom stereocenters. The Bertz CT molecular complexity index is 755. The predicted octanol–water partition coefficient (Wildman–Crippen LogP) is -2.91. The summed E-state index contributed by atoms with van der Waals surface area (Å²) in [6.07, 6.45) is 1.39. The molecule has 8 nitrogen and oxygen atoms in total. The zero-order valence-electron chi connectivity index (χ0n) is 12.9. The van der Waals surface area contributed by atoms with Crippen LogP contribution in [0.5, 0.6) is 0 Å². The highest BCUT2D eigenvalue weighted by atomic mass is 16.4. The molecule has 2 rings (SSSR count). The van der Waals surface area contributed by atoms with Gasteiger partial charge in [0, 0.05) is 35.9 Å². The van der Waals surface area contributed by atoms with Crippen molar-refractivity contribution < 1.29 is 30.3 Å². The van der Waals surface area contributed by atoms with Gasteiger partial charge in [-0.1, -0.05) is 18.2 Å². The molecule has 0 aliphatic rings. The number of para-hydroxylation sites is 1. The van der Waals surface area contributed by atoms with Crippen molar-refractivity contribution in [2.75, 3.05) is 0 Å². The van der Waals surface area contributed by atoms with Gasteiger partial charge in [0.15, 0.2) is 6.04 Å². The van der Waals surface area contributed by atoms with E-state index < -0.39 is 29.9 Å². The van der Waals surface area contributed by atoms with E-state index in [0.29, 0.717) is 0 Å². The number of carbonyl (C=O) groups is 3. The van der Waals surface area contributed by atoms with Crippen molar-refractivity contribution in [3.63, 3.8) is 0 Å². The maximum atomic E-state index is 12.0. The summed E-state index contributed by atoms with van der Waals surface area (Å²) in [5, 5.41) is 25.0. The van der Waals surface area contributed by atoms with Crippen LogP contribution in [0.2, 0.25) is 0 Å². The number of aromatic amines is 1. The predicted molar refractivity (Wildman–Crippen MR) is 79.9 cm³/mol. The third-order valence-electron chi connectivity index (χ3n) is 3.77. The number of carbonyl (C=O) groups excluding carboxylic acids is 3. The van der Waals surface area contributed by atoms with E-state index in [0.717, 1.165) is 16.5 Å². The maximum Gasteiger partial charge on any atom is 0.278 e. The summed E-state index contributed by atoms with van der Waals surface area (Å²) in [6, 6.07) is 5.27. The van der Waals surface area contributed by atoms with Crippen LogP contribution in [0.3, 0.4) is 0 Å². The molecule has 24 heavy (non-hydrogen) atoms. The lowest BCUT2D eigenvalue weighted by Gasteiger charge is -2.20. The number of benzene rings is 1. The summed E-state index contributed by atoms with van der Waals surface area (Å²) < 4.78 is 0. The average Bonchev–Trinajstić information content (AvgIpc) is 2.94. The van der Waals surface area contributed by atoms with Gasteiger partial charge in [-0.2, -0.15) is 0 Å². The van der Waals surface area contributed by atoms with Crippen molar-refractivity contribution in [1.82, 2.24) is 10.3 Å². The van der Waals surface area contributed by atoms with Gasteiger partial charge in [-0.15, -0.1) is 0 Å². The number of hydrogen-bond donors (Lipinski definition) is 3. The summed E-state index contributed by atoms with van der Waals surface area (Å²) in [5.41, 5.74) is 5.14. The molecule has 5 N–H and O–H groups in total. The highest BCUT2D eigenvalue weighted by molar-refractivity contribution is 5.87. The van der Waals surface area contributed by atoms with Crippen LogP contribution >= 0.6 is 0 Å². The fraction of sp³-hybridized carbons (Fsp3) is 0.312. The molecule has 1 aromatic carbocycles. The minimum absolute atomic E-state index is 0.0268. The summed E-state index contributed by atoms with van der Waals surface area (Å²) in [4.78, 5) is 36.7. The third kappa shape index (κ3) is 4.32. The Morgan fingerprint density at radius 3 is 2.58 bits per heavy atom. The second-order valence-electron chi connectivity index (χ2n) is 5.55. The number of amides is 1. The Hall–Kier alpha value is -2.87. The number of aromatic nitrogens is 1. The topological polar surface area (TPSA) is 153 Å². The van der Waals surface area contributed by atoms with Crippen LogP contribution in [0.4, 0.5) is 0 Å². The molecule has 128 valence electrons. The molecule has 0 saturated heterocycles. The van der Waals surface area contributed by atoms with E-state index in [1.54, 1.807) is 6.20 Å². The monoisotopic (exact) mass is 332 g/mol. The number of nitrogens with one attached hydrogen (secondary N) is 2. The zero-order chi connectivity index (χ0) is 17.7. The highest BCUT2D eigenvalue weighted by Crippen LogP contribution is 2.19. The summed E-state index contributed by atoms with van der Waals surface area (Å²) in [6.45, 7) is 0. The second kappa shape index (κ2) is 7.60. The first-order valence-corrected chi connectivity index (χ1v) is 7.47. The van der Waals surface area contributed by atoms with E-state index in [1.165, 1.54) is 0 Å². The number of fused-ring (bicyclic) bond motifs is 1. The minimum atomic E-state index is -1.42. The standard InChI is InChI=1S/C16H19N3O5/c17-11(5-6-14(20)21)15(22)19-13(16(23)24)7-9-8-18-12-4-2-1-3-10(9)12/h1-4,8,11,13,18H,5-7,17H2,(H,19,22)(H,20,21)(H,23,24)/p-1/t11-,13-/m0/s1. The van der Waals surface area contributed by atoms with Crippen LogP contribution in [-0.2, 0) is 20.8 Å². The van der Waals surface area contributed by atoms with Gasteiger partial charge in [-0.05, 0) is 18.1 Å². The number of rotatable bonds is 8. The number of aliphatic carboxylic acids is 2. The van der Waals surface area contributed by atoms with Gasteiger partial charge in [0.1, 0.15) is 0 Å². The lowest BCUT2D eigenvalue weighted by Crippen LogP contribution is -2.69. The largest absolute Gasteiger partial charge is 0.550 e. The van der Waals surface area contributed by atoms with Gasteiger partial charge in [0.25, 0.3) is 5.91 Å². The molecule has 0 saturated carbocycles. The highest BCUT2D eigenvalue weighted by Gasteiger charge is 2.22. The lowest BCUT2D eigenvalue weighted by molar-refractivity contribution is -0.406. The minimum Gasteiger partial charge on any atom is -0.550 e. The Labute approximate surface area is 137 Å². The third-order valence-corrected chi connectivity index (χ3v) is 3.77. The number of H-pyrrole nitrogens is 1. The number of quaternary nitrogens is 1. The smallest absolute Gasteiger partial charge is 0.278 e. The van der Waals surface area contributed by atoms with Crippen LogP contribution in [0, 0.1) is 0 Å². The molecule has 0 radical (unpaired) electrons. The molecule has 1 heterocycles. The lowest BCUT2D eigenvalue weighted by atomic mass is 10.0. The number of carboxylic acids is 2. The molecule has 1 aromatic heterocycles. The molecule has 0 aliphatic carbocycles. The Kier molecular flexibility index (Phi) is 5.54. The SMILES string of the molecule is [NH3+][C@@H](CCC(=O)[O-])C(=O)N[C@@H](Cc1c[nH]c2ccccc12)C(=O)[O-]. The molecule has 8 heteroatoms. The molecule has 0 aliphatic heterocycles. The van der Waals surface area contributed by atoms with E-state index in [9.17, 15) is 24.6 Å². The first-order valence-electron chi connectivity index (χ1n) is 7.47. The van der Waals surface area contributed by atoms with Crippen LogP contribution in [0.25, 0.3) is 10.9 Å². The van der Waals surface area contributed by atoms with E-state index in [4.69, 9.17) is 0 Å². The fourth-order valence-corrected chi connectivity index (χ4v) is 2.43. The summed E-state index contributed by atoms with van der Waals surface area (Å²) in [5.74, 6) is -3.34. The van der Waals surface area contributed by atoms with Crippen LogP contribution < -0.4 is 21.3 Å². The summed E-state index contributed by atoms with van der Waals surface area (Å²) >= 11 is 0. The zero-order valence-corrected chi connectivity index (χ0v) is 12.9. The van der Waals surface area contributed by atoms with Gasteiger partial charge < -0.3 is 35.8 Å². The Balaban J connectivity index is 2.05. The second-order valence-corrected chi connectivity index (χ2v) is 5.55. The molecular weight excluding hydrogens is 314 g/mol. The van der Waals surface area contributed by atoms with Gasteiger partial charge in [-0.25, -0.2) is 0 Å². The number of carboxylic acid groups (broad SMARTS) is 2. The molecule has 0 spiro atoms. The van der Waals surface area contributed by atoms with Crippen molar-refractivity contribution in [1.29, 1.82) is 0 Å². The molecule has 2 atom stereocenters. The molecule has 2 aromatic rings. The fourth-order valence-electron chi connectivity index (χ4n) is 2.43. The molecule has 1 amide bonds. The van der Waals surface area contributed by atoms with E-state index in [-0.39, 0.29) is 19.3 Å². The van der Waals surface area contributed by atoms with Crippen molar-refractivity contribution in [3.05, 3.63) is 36.0 Å². The normalized spacial score (nSPS) is 13.4. The van der Waals surface area contributed by atoms with Gasteiger partial charge in [0.2, 0.25) is 0 Å². The van der Waals surface area contributed by atoms with Gasteiger partial charge in [0.05, 0.1) is 12.0 Å². The quantitative estimate of drug-likeness (QED) is 0.473. The molecule has 0 fully saturated rings. The van der Waals surface area contributed by atoms with Crippen LogP contribution in [0.15, 0.2) is 30.5 Å². The maximum absolute atomic E-state index is 12.0. The van der Waals surface area contributed by atoms with Gasteiger partial charge in [-0.3, -0.25) is 4.79 Å². The van der Waals surface area contributed by atoms with E-state index in [1.807, 2.05) is 24.3 Å². The van der Waals surface area contributed by atoms with Crippen molar-refractivity contribution >= 4 is 28.7 Å². The van der Waals surface area contributed by atoms with Crippen LogP contribution in [0.1, 0.15) is 18.4 Å². The first-order chi connectivity index (χ1) is 11.4. The Morgan fingerprint density at radius 2 is 1.92 bits per heavy atom. The molecule has 0 bridgehead atoms. The average molecular weight is 332 g/mol. The number of hydrogen-bond acceptors (Lipinski definition) is 5. The van der Waals surface area contributed by atoms with E-state index >= 15 is 0 Å². The first kappa shape index (κ1) is 17.5. The van der Waals surface area contributed by atoms with E-state index in [2.05, 4.69) is 16.0 Å². The summed E-state index contributed by atoms with van der Waals surface area (Å²) in [7, 11) is 0. The Morgan fingerprint density at radius 1 is 1.21 bits per heavy atom. The van der Waals surface area contributed by atoms with Crippen molar-refractivity contribution in [2.24, 2.45) is 0 Å².